The van der Waals surface area contributed by atoms with Crippen LogP contribution in [0.1, 0.15) is 35.3 Å². The number of amides is 1. The Bertz CT molecular complexity index is 578. The first-order valence-corrected chi connectivity index (χ1v) is 7.86. The van der Waals surface area contributed by atoms with Crippen molar-refractivity contribution in [1.82, 2.24) is 19.7 Å². The van der Waals surface area contributed by atoms with Gasteiger partial charge in [-0.05, 0) is 31.7 Å². The maximum absolute atomic E-state index is 12.5. The third kappa shape index (κ3) is 2.75. The van der Waals surface area contributed by atoms with Crippen LogP contribution >= 0.6 is 11.3 Å². The fraction of sp³-hybridized carbons (Fsp3) is 0.500. The maximum atomic E-state index is 12.5. The number of hydrogen-bond donors (Lipinski definition) is 0. The lowest BCUT2D eigenvalue weighted by Gasteiger charge is -2.35. The molecule has 106 valence electrons. The van der Waals surface area contributed by atoms with Crippen molar-refractivity contribution < 1.29 is 4.79 Å². The van der Waals surface area contributed by atoms with E-state index in [0.717, 1.165) is 31.5 Å². The van der Waals surface area contributed by atoms with Gasteiger partial charge in [0.2, 0.25) is 0 Å². The third-order valence-corrected chi connectivity index (χ3v) is 4.29. The summed E-state index contributed by atoms with van der Waals surface area (Å²) >= 11 is 1.46. The van der Waals surface area contributed by atoms with Gasteiger partial charge < -0.3 is 4.90 Å². The predicted molar refractivity (Wildman–Crippen MR) is 77.8 cm³/mol. The zero-order valence-corrected chi connectivity index (χ0v) is 12.3. The lowest BCUT2D eigenvalue weighted by Crippen LogP contribution is -2.46. The van der Waals surface area contributed by atoms with Crippen molar-refractivity contribution in [3.63, 3.8) is 0 Å². The molecule has 5 nitrogen and oxygen atoms in total. The minimum absolute atomic E-state index is 0.0554. The molecular formula is C14H18N4OS. The van der Waals surface area contributed by atoms with E-state index in [9.17, 15) is 4.79 Å². The van der Waals surface area contributed by atoms with Crippen LogP contribution in [0.25, 0.3) is 0 Å². The molecule has 1 amide bonds. The summed E-state index contributed by atoms with van der Waals surface area (Å²) in [4.78, 5) is 18.6. The molecule has 3 heterocycles. The Labute approximate surface area is 122 Å². The molecule has 1 unspecified atom stereocenters. The first kappa shape index (κ1) is 13.3. The molecule has 0 saturated carbocycles. The molecule has 6 heteroatoms. The van der Waals surface area contributed by atoms with Crippen LogP contribution in [0.2, 0.25) is 0 Å². The van der Waals surface area contributed by atoms with E-state index < -0.39 is 0 Å². The number of thiazole rings is 1. The van der Waals surface area contributed by atoms with Crippen LogP contribution in [0.4, 0.5) is 0 Å². The highest BCUT2D eigenvalue weighted by Crippen LogP contribution is 2.21. The number of nitrogens with zero attached hydrogens (tertiary/aromatic N) is 4. The molecule has 0 aromatic carbocycles. The number of carbonyl (C=O) groups excluding carboxylic acids is 1. The third-order valence-electron chi connectivity index (χ3n) is 3.70. The van der Waals surface area contributed by atoms with Gasteiger partial charge in [0.15, 0.2) is 0 Å². The van der Waals surface area contributed by atoms with Gasteiger partial charge in [-0.15, -0.1) is 11.3 Å². The van der Waals surface area contributed by atoms with Crippen LogP contribution < -0.4 is 0 Å². The molecular weight excluding hydrogens is 272 g/mol. The molecule has 1 atom stereocenters. The van der Waals surface area contributed by atoms with Crippen molar-refractivity contribution in [3.05, 3.63) is 34.5 Å². The van der Waals surface area contributed by atoms with Gasteiger partial charge in [0.1, 0.15) is 5.69 Å². The second kappa shape index (κ2) is 5.75. The van der Waals surface area contributed by atoms with Crippen molar-refractivity contribution in [2.75, 3.05) is 6.54 Å². The number of piperidine rings is 1. The molecule has 2 aromatic heterocycles. The van der Waals surface area contributed by atoms with E-state index in [0.29, 0.717) is 5.69 Å². The van der Waals surface area contributed by atoms with Gasteiger partial charge in [-0.1, -0.05) is 0 Å². The Hall–Kier alpha value is -1.69. The highest BCUT2D eigenvalue weighted by atomic mass is 32.1. The second-order valence-corrected chi connectivity index (χ2v) is 5.98. The Balaban J connectivity index is 1.75. The Morgan fingerprint density at radius 1 is 1.50 bits per heavy atom. The highest BCUT2D eigenvalue weighted by molar-refractivity contribution is 7.07. The quantitative estimate of drug-likeness (QED) is 0.872. The van der Waals surface area contributed by atoms with E-state index in [2.05, 4.69) is 10.1 Å². The molecule has 20 heavy (non-hydrogen) atoms. The Kier molecular flexibility index (Phi) is 3.82. The predicted octanol–water partition coefficient (Wildman–Crippen LogP) is 2.34. The van der Waals surface area contributed by atoms with Gasteiger partial charge in [-0.2, -0.15) is 5.10 Å². The van der Waals surface area contributed by atoms with E-state index in [4.69, 9.17) is 0 Å². The Morgan fingerprint density at radius 2 is 2.40 bits per heavy atom. The number of hydrogen-bond acceptors (Lipinski definition) is 4. The monoisotopic (exact) mass is 290 g/mol. The van der Waals surface area contributed by atoms with Gasteiger partial charge in [0, 0.05) is 18.1 Å². The van der Waals surface area contributed by atoms with E-state index >= 15 is 0 Å². The first-order valence-electron chi connectivity index (χ1n) is 6.92. The van der Waals surface area contributed by atoms with E-state index in [1.807, 2.05) is 34.3 Å². The molecule has 0 N–H and O–H groups in total. The van der Waals surface area contributed by atoms with Crippen LogP contribution in [-0.2, 0) is 6.54 Å². The van der Waals surface area contributed by atoms with E-state index in [-0.39, 0.29) is 11.9 Å². The summed E-state index contributed by atoms with van der Waals surface area (Å²) in [5, 5.41) is 6.16. The summed E-state index contributed by atoms with van der Waals surface area (Å²) in [5.74, 6) is 0.0554. The molecule has 1 aliphatic heterocycles. The normalized spacial score (nSPS) is 19.2. The topological polar surface area (TPSA) is 51.0 Å². The maximum Gasteiger partial charge on any atom is 0.273 e. The zero-order chi connectivity index (χ0) is 13.9. The van der Waals surface area contributed by atoms with Crippen molar-refractivity contribution in [2.24, 2.45) is 0 Å². The second-order valence-electron chi connectivity index (χ2n) is 5.26. The standard InChI is InChI=1S/C14H18N4OS/c1-11-6-16-17(7-11)8-12-4-2-3-5-18(12)14(19)13-9-20-10-15-13/h6-7,9-10,12H,2-5,8H2,1H3. The molecule has 1 saturated heterocycles. The minimum atomic E-state index is 0.0554. The molecule has 3 rings (SSSR count). The SMILES string of the molecule is Cc1cnn(CC2CCCCN2C(=O)c2cscn2)c1. The lowest BCUT2D eigenvalue weighted by molar-refractivity contribution is 0.0578. The molecule has 0 bridgehead atoms. The van der Waals surface area contributed by atoms with Crippen LogP contribution in [0, 0.1) is 6.92 Å². The average molecular weight is 290 g/mol. The molecule has 1 aliphatic rings. The molecule has 1 fully saturated rings. The first-order chi connectivity index (χ1) is 9.74. The van der Waals surface area contributed by atoms with Gasteiger partial charge in [0.05, 0.1) is 24.3 Å². The van der Waals surface area contributed by atoms with E-state index in [1.54, 1.807) is 5.51 Å². The smallest absolute Gasteiger partial charge is 0.273 e. The molecule has 2 aromatic rings. The molecule has 0 radical (unpaired) electrons. The van der Waals surface area contributed by atoms with Crippen molar-refractivity contribution >= 4 is 17.2 Å². The summed E-state index contributed by atoms with van der Waals surface area (Å²) < 4.78 is 1.94. The van der Waals surface area contributed by atoms with Crippen LogP contribution in [0.3, 0.4) is 0 Å². The van der Waals surface area contributed by atoms with Crippen LogP contribution in [-0.4, -0.2) is 38.2 Å². The fourth-order valence-electron chi connectivity index (χ4n) is 2.71. The summed E-state index contributed by atoms with van der Waals surface area (Å²) in [6, 6.07) is 0.220. The van der Waals surface area contributed by atoms with Gasteiger partial charge >= 0.3 is 0 Å². The average Bonchev–Trinajstić information content (AvgIpc) is 3.10. The molecule has 0 aliphatic carbocycles. The van der Waals surface area contributed by atoms with Gasteiger partial charge in [-0.3, -0.25) is 9.48 Å². The van der Waals surface area contributed by atoms with Crippen molar-refractivity contribution in [2.45, 2.75) is 38.8 Å². The highest BCUT2D eigenvalue weighted by Gasteiger charge is 2.28. The minimum Gasteiger partial charge on any atom is -0.332 e. The van der Waals surface area contributed by atoms with E-state index in [1.165, 1.54) is 17.8 Å². The van der Waals surface area contributed by atoms with Crippen molar-refractivity contribution in [3.8, 4) is 0 Å². The summed E-state index contributed by atoms with van der Waals surface area (Å²) in [5.41, 5.74) is 3.43. The van der Waals surface area contributed by atoms with Gasteiger partial charge in [-0.25, -0.2) is 4.98 Å². The Morgan fingerprint density at radius 3 is 3.10 bits per heavy atom. The summed E-state index contributed by atoms with van der Waals surface area (Å²) in [6.07, 6.45) is 7.17. The largest absolute Gasteiger partial charge is 0.332 e. The zero-order valence-electron chi connectivity index (χ0n) is 11.5. The lowest BCUT2D eigenvalue weighted by atomic mass is 10.0. The fourth-order valence-corrected chi connectivity index (χ4v) is 3.23. The summed E-state index contributed by atoms with van der Waals surface area (Å²) in [7, 11) is 0. The number of aromatic nitrogens is 3. The molecule has 0 spiro atoms. The van der Waals surface area contributed by atoms with Gasteiger partial charge in [0.25, 0.3) is 5.91 Å². The number of carbonyl (C=O) groups is 1. The summed E-state index contributed by atoms with van der Waals surface area (Å²) in [6.45, 7) is 3.62. The van der Waals surface area contributed by atoms with Crippen molar-refractivity contribution in [1.29, 1.82) is 0 Å². The number of likely N-dealkylation sites (tertiary alicyclic amines) is 1. The van der Waals surface area contributed by atoms with Crippen LogP contribution in [0.15, 0.2) is 23.3 Å². The number of aryl methyl sites for hydroxylation is 1. The number of rotatable bonds is 3. The van der Waals surface area contributed by atoms with Crippen LogP contribution in [0.5, 0.6) is 0 Å².